The first-order valence-electron chi connectivity index (χ1n) is 9.13. The Bertz CT molecular complexity index is 1010. The summed E-state index contributed by atoms with van der Waals surface area (Å²) in [7, 11) is 1.52. The normalized spacial score (nSPS) is 12.7. The zero-order valence-corrected chi connectivity index (χ0v) is 16.1. The summed E-state index contributed by atoms with van der Waals surface area (Å²) in [6.07, 6.45) is 0.494. The van der Waals surface area contributed by atoms with Crippen LogP contribution in [0.1, 0.15) is 37.5 Å². The van der Waals surface area contributed by atoms with Gasteiger partial charge >= 0.3 is 5.97 Å². The van der Waals surface area contributed by atoms with Crippen molar-refractivity contribution in [1.29, 1.82) is 0 Å². The van der Waals surface area contributed by atoms with Gasteiger partial charge in [-0.2, -0.15) is 0 Å². The van der Waals surface area contributed by atoms with E-state index in [1.165, 1.54) is 43.5 Å². The number of carbonyl (C=O) groups excluding carboxylic acids is 4. The molecule has 1 heterocycles. The number of hydrogen-bond donors (Lipinski definition) is 1. The molecule has 0 spiro atoms. The molecule has 0 saturated heterocycles. The summed E-state index contributed by atoms with van der Waals surface area (Å²) in [4.78, 5) is 50.1. The van der Waals surface area contributed by atoms with Gasteiger partial charge in [0.2, 0.25) is 0 Å². The van der Waals surface area contributed by atoms with Crippen molar-refractivity contribution >= 4 is 29.4 Å². The quantitative estimate of drug-likeness (QED) is 0.404. The van der Waals surface area contributed by atoms with Crippen molar-refractivity contribution in [1.82, 2.24) is 4.90 Å². The Morgan fingerprint density at radius 3 is 2.53 bits per heavy atom. The molecule has 2 aromatic rings. The van der Waals surface area contributed by atoms with Gasteiger partial charge in [-0.05, 0) is 36.8 Å². The van der Waals surface area contributed by atoms with Gasteiger partial charge in [0.15, 0.2) is 6.61 Å². The molecular formula is C21H19FN2O6. The molecule has 0 saturated carbocycles. The number of methoxy groups -OCH3 is 1. The fourth-order valence-corrected chi connectivity index (χ4v) is 2.95. The van der Waals surface area contributed by atoms with Crippen molar-refractivity contribution in [2.75, 3.05) is 32.2 Å². The second kappa shape index (κ2) is 9.27. The Balaban J connectivity index is 1.62. The van der Waals surface area contributed by atoms with Crippen LogP contribution in [0.4, 0.5) is 10.1 Å². The van der Waals surface area contributed by atoms with Crippen LogP contribution in [-0.4, -0.2) is 55.5 Å². The first kappa shape index (κ1) is 21.1. The minimum Gasteiger partial charge on any atom is -0.452 e. The van der Waals surface area contributed by atoms with Crippen LogP contribution in [-0.2, 0) is 14.3 Å². The highest BCUT2D eigenvalue weighted by Gasteiger charge is 2.35. The van der Waals surface area contributed by atoms with E-state index in [0.717, 1.165) is 4.90 Å². The first-order chi connectivity index (χ1) is 14.4. The van der Waals surface area contributed by atoms with Crippen molar-refractivity contribution in [3.63, 3.8) is 0 Å². The zero-order chi connectivity index (χ0) is 21.7. The summed E-state index contributed by atoms with van der Waals surface area (Å²) in [5.41, 5.74) is 0.287. The van der Waals surface area contributed by atoms with Crippen LogP contribution in [0, 0.1) is 5.82 Å². The maximum atomic E-state index is 13.5. The predicted molar refractivity (Wildman–Crippen MR) is 104 cm³/mol. The summed E-state index contributed by atoms with van der Waals surface area (Å²) in [5, 5.41) is 2.29. The number of esters is 1. The average Bonchev–Trinajstić information content (AvgIpc) is 2.98. The smallest absolute Gasteiger partial charge is 0.338 e. The highest BCUT2D eigenvalue weighted by Crippen LogP contribution is 2.24. The molecule has 9 heteroatoms. The summed E-state index contributed by atoms with van der Waals surface area (Å²) in [6, 6.07) is 9.57. The summed E-state index contributed by atoms with van der Waals surface area (Å²) >= 11 is 0. The van der Waals surface area contributed by atoms with Gasteiger partial charge in [0.1, 0.15) is 5.82 Å². The van der Waals surface area contributed by atoms with Crippen LogP contribution >= 0.6 is 0 Å². The lowest BCUT2D eigenvalue weighted by molar-refractivity contribution is -0.119. The molecule has 2 aromatic carbocycles. The molecule has 156 valence electrons. The molecule has 3 amide bonds. The van der Waals surface area contributed by atoms with Crippen molar-refractivity contribution in [2.24, 2.45) is 0 Å². The second-order valence-corrected chi connectivity index (χ2v) is 6.47. The van der Waals surface area contributed by atoms with E-state index in [1.807, 2.05) is 0 Å². The third-order valence-electron chi connectivity index (χ3n) is 4.42. The van der Waals surface area contributed by atoms with Crippen molar-refractivity contribution in [3.05, 3.63) is 65.0 Å². The summed E-state index contributed by atoms with van der Waals surface area (Å²) in [6.45, 7) is -0.0314. The monoisotopic (exact) mass is 414 g/mol. The fourth-order valence-electron chi connectivity index (χ4n) is 2.95. The minimum atomic E-state index is -0.848. The number of benzene rings is 2. The largest absolute Gasteiger partial charge is 0.452 e. The first-order valence-corrected chi connectivity index (χ1v) is 9.13. The molecule has 1 aliphatic heterocycles. The molecule has 8 nitrogen and oxygen atoms in total. The molecule has 0 unspecified atom stereocenters. The van der Waals surface area contributed by atoms with Crippen molar-refractivity contribution in [2.45, 2.75) is 6.42 Å². The number of rotatable bonds is 8. The summed E-state index contributed by atoms with van der Waals surface area (Å²) in [5.74, 6) is -3.12. The number of nitrogens with zero attached hydrogens (tertiary/aromatic N) is 1. The average molecular weight is 414 g/mol. The fraction of sp³-hybridized carbons (Fsp3) is 0.238. The van der Waals surface area contributed by atoms with Gasteiger partial charge < -0.3 is 14.8 Å². The molecule has 0 aromatic heterocycles. The van der Waals surface area contributed by atoms with Gasteiger partial charge in [-0.15, -0.1) is 0 Å². The van der Waals surface area contributed by atoms with Crippen LogP contribution in [0.25, 0.3) is 0 Å². The molecule has 0 bridgehead atoms. The lowest BCUT2D eigenvalue weighted by atomic mass is 10.1. The lowest BCUT2D eigenvalue weighted by Crippen LogP contribution is -2.31. The number of carbonyl (C=O) groups is 4. The number of para-hydroxylation sites is 1. The molecule has 1 N–H and O–H groups in total. The third kappa shape index (κ3) is 4.52. The van der Waals surface area contributed by atoms with E-state index in [1.54, 1.807) is 6.07 Å². The number of anilines is 1. The highest BCUT2D eigenvalue weighted by molar-refractivity contribution is 6.22. The van der Waals surface area contributed by atoms with E-state index in [-0.39, 0.29) is 28.9 Å². The van der Waals surface area contributed by atoms with Crippen LogP contribution in [0.15, 0.2) is 42.5 Å². The van der Waals surface area contributed by atoms with Gasteiger partial charge in [-0.3, -0.25) is 19.3 Å². The molecule has 0 aliphatic carbocycles. The van der Waals surface area contributed by atoms with Gasteiger partial charge in [0.05, 0.1) is 22.4 Å². The van der Waals surface area contributed by atoms with E-state index in [2.05, 4.69) is 5.32 Å². The zero-order valence-electron chi connectivity index (χ0n) is 16.1. The molecule has 3 rings (SSSR count). The number of nitrogens with one attached hydrogen (secondary N) is 1. The van der Waals surface area contributed by atoms with Gasteiger partial charge in [-0.1, -0.05) is 12.1 Å². The number of ether oxygens (including phenoxy) is 2. The Morgan fingerprint density at radius 1 is 1.07 bits per heavy atom. The van der Waals surface area contributed by atoms with E-state index >= 15 is 0 Å². The molecule has 30 heavy (non-hydrogen) atoms. The van der Waals surface area contributed by atoms with E-state index < -0.39 is 36.1 Å². The molecular weight excluding hydrogens is 395 g/mol. The van der Waals surface area contributed by atoms with Crippen molar-refractivity contribution < 1.29 is 33.0 Å². The lowest BCUT2D eigenvalue weighted by Gasteiger charge is -2.12. The number of hydrogen-bond acceptors (Lipinski definition) is 6. The third-order valence-corrected chi connectivity index (χ3v) is 4.42. The number of amides is 3. The Morgan fingerprint density at radius 2 is 1.80 bits per heavy atom. The molecule has 1 aliphatic rings. The van der Waals surface area contributed by atoms with Gasteiger partial charge in [-0.25, -0.2) is 9.18 Å². The minimum absolute atomic E-state index is 0.0207. The standard InChI is InChI=1S/C21H19FN2O6/c1-29-10-4-9-24-19(26)14-8-7-13(11-15(14)20(24)27)21(28)30-12-18(25)23-17-6-3-2-5-16(17)22/h2-3,5-8,11H,4,9-10,12H2,1H3,(H,23,25). The summed E-state index contributed by atoms with van der Waals surface area (Å²) < 4.78 is 23.4. The Kier molecular flexibility index (Phi) is 6.53. The van der Waals surface area contributed by atoms with Gasteiger partial charge in [0.25, 0.3) is 17.7 Å². The Hall–Kier alpha value is -3.59. The van der Waals surface area contributed by atoms with Crippen LogP contribution in [0.5, 0.6) is 0 Å². The van der Waals surface area contributed by atoms with Gasteiger partial charge in [0, 0.05) is 20.3 Å². The van der Waals surface area contributed by atoms with Crippen LogP contribution in [0.2, 0.25) is 0 Å². The predicted octanol–water partition coefficient (Wildman–Crippen LogP) is 2.25. The highest BCUT2D eigenvalue weighted by atomic mass is 19.1. The van der Waals surface area contributed by atoms with E-state index in [0.29, 0.717) is 13.0 Å². The maximum absolute atomic E-state index is 13.5. The molecule has 0 atom stereocenters. The number of fused-ring (bicyclic) bond motifs is 1. The number of imide groups is 1. The molecule has 0 fully saturated rings. The molecule has 0 radical (unpaired) electrons. The second-order valence-electron chi connectivity index (χ2n) is 6.47. The topological polar surface area (TPSA) is 102 Å². The van der Waals surface area contributed by atoms with Crippen LogP contribution in [0.3, 0.4) is 0 Å². The Labute approximate surface area is 171 Å². The van der Waals surface area contributed by atoms with E-state index in [4.69, 9.17) is 9.47 Å². The number of halogens is 1. The maximum Gasteiger partial charge on any atom is 0.338 e. The van der Waals surface area contributed by atoms with E-state index in [9.17, 15) is 23.6 Å². The van der Waals surface area contributed by atoms with Crippen LogP contribution < -0.4 is 5.32 Å². The van der Waals surface area contributed by atoms with Crippen molar-refractivity contribution in [3.8, 4) is 0 Å². The SMILES string of the molecule is COCCCN1C(=O)c2ccc(C(=O)OCC(=O)Nc3ccccc3F)cc2C1=O.